The van der Waals surface area contributed by atoms with Crippen LogP contribution in [0.25, 0.3) is 10.9 Å². The van der Waals surface area contributed by atoms with Crippen molar-refractivity contribution in [2.45, 2.75) is 32.9 Å². The zero-order valence-electron chi connectivity index (χ0n) is 13.4. The van der Waals surface area contributed by atoms with Crippen LogP contribution in [0.15, 0.2) is 30.6 Å². The number of para-hydroxylation sites is 1. The van der Waals surface area contributed by atoms with E-state index in [-0.39, 0.29) is 6.04 Å². The zero-order valence-corrected chi connectivity index (χ0v) is 13.4. The van der Waals surface area contributed by atoms with Crippen LogP contribution in [0.1, 0.15) is 31.5 Å². The summed E-state index contributed by atoms with van der Waals surface area (Å²) in [7, 11) is 0. The first-order valence-electron chi connectivity index (χ1n) is 7.83. The molecule has 120 valence electrons. The highest BCUT2D eigenvalue weighted by Gasteiger charge is 2.15. The molecule has 0 aliphatic carbocycles. The van der Waals surface area contributed by atoms with Gasteiger partial charge in [0.25, 0.3) is 0 Å². The Labute approximate surface area is 135 Å². The molecular formula is C16H21N7. The van der Waals surface area contributed by atoms with Crippen LogP contribution in [0.5, 0.6) is 0 Å². The number of nitrogens with two attached hydrogens (primary N) is 1. The van der Waals surface area contributed by atoms with Crippen LogP contribution in [0.3, 0.4) is 0 Å². The molecule has 7 nitrogen and oxygen atoms in total. The lowest BCUT2D eigenvalue weighted by Crippen LogP contribution is -2.16. The first kappa shape index (κ1) is 15.4. The summed E-state index contributed by atoms with van der Waals surface area (Å²) in [6, 6.07) is 7.95. The monoisotopic (exact) mass is 311 g/mol. The van der Waals surface area contributed by atoms with Gasteiger partial charge in [-0.3, -0.25) is 0 Å². The van der Waals surface area contributed by atoms with Gasteiger partial charge < -0.3 is 11.1 Å². The fourth-order valence-corrected chi connectivity index (χ4v) is 2.60. The van der Waals surface area contributed by atoms with Crippen LogP contribution in [0.4, 0.5) is 5.82 Å². The highest BCUT2D eigenvalue weighted by molar-refractivity contribution is 5.89. The van der Waals surface area contributed by atoms with Gasteiger partial charge in [-0.05, 0) is 32.5 Å². The molecule has 0 radical (unpaired) electrons. The molecule has 3 rings (SSSR count). The fourth-order valence-electron chi connectivity index (χ4n) is 2.60. The Hall–Kier alpha value is -2.54. The van der Waals surface area contributed by atoms with Crippen LogP contribution in [0.2, 0.25) is 0 Å². The Kier molecular flexibility index (Phi) is 4.47. The fraction of sp³-hybridized carbons (Fsp3) is 0.375. The molecule has 23 heavy (non-hydrogen) atoms. The Morgan fingerprint density at radius 1 is 1.26 bits per heavy atom. The molecule has 0 spiro atoms. The van der Waals surface area contributed by atoms with Crippen LogP contribution in [-0.2, 0) is 13.0 Å². The molecule has 2 aromatic heterocycles. The molecule has 7 heteroatoms. The second-order valence-electron chi connectivity index (χ2n) is 5.34. The van der Waals surface area contributed by atoms with Crippen molar-refractivity contribution in [1.29, 1.82) is 0 Å². The Morgan fingerprint density at radius 3 is 2.87 bits per heavy atom. The summed E-state index contributed by atoms with van der Waals surface area (Å²) < 4.78 is 1.88. The lowest BCUT2D eigenvalue weighted by Gasteiger charge is -2.16. The molecule has 0 bridgehead atoms. The topological polar surface area (TPSA) is 94.5 Å². The summed E-state index contributed by atoms with van der Waals surface area (Å²) in [5.41, 5.74) is 6.56. The van der Waals surface area contributed by atoms with Gasteiger partial charge in [-0.2, -0.15) is 5.10 Å². The predicted octanol–water partition coefficient (Wildman–Crippen LogP) is 1.92. The van der Waals surface area contributed by atoms with Crippen molar-refractivity contribution in [3.63, 3.8) is 0 Å². The van der Waals surface area contributed by atoms with Crippen molar-refractivity contribution in [3.8, 4) is 0 Å². The summed E-state index contributed by atoms with van der Waals surface area (Å²) in [5, 5.41) is 8.66. The molecule has 1 unspecified atom stereocenters. The second-order valence-corrected chi connectivity index (χ2v) is 5.34. The minimum absolute atomic E-state index is 0.0125. The highest BCUT2D eigenvalue weighted by atomic mass is 15.3. The van der Waals surface area contributed by atoms with Gasteiger partial charge in [0.2, 0.25) is 0 Å². The van der Waals surface area contributed by atoms with Crippen molar-refractivity contribution in [2.24, 2.45) is 5.73 Å². The molecule has 1 atom stereocenters. The van der Waals surface area contributed by atoms with Gasteiger partial charge in [0, 0.05) is 18.4 Å². The molecule has 2 heterocycles. The Morgan fingerprint density at radius 2 is 2.09 bits per heavy atom. The summed E-state index contributed by atoms with van der Waals surface area (Å²) in [5.74, 6) is 2.44. The molecule has 0 saturated carbocycles. The smallest absolute Gasteiger partial charge is 0.149 e. The number of hydrogen-bond acceptors (Lipinski definition) is 6. The lowest BCUT2D eigenvalue weighted by atomic mass is 10.2. The number of benzene rings is 1. The van der Waals surface area contributed by atoms with Crippen molar-refractivity contribution < 1.29 is 0 Å². The maximum atomic E-state index is 5.65. The minimum atomic E-state index is -0.0125. The van der Waals surface area contributed by atoms with E-state index < -0.39 is 0 Å². The minimum Gasteiger partial charge on any atom is -0.360 e. The largest absolute Gasteiger partial charge is 0.360 e. The third kappa shape index (κ3) is 3.14. The van der Waals surface area contributed by atoms with Gasteiger partial charge in [0.15, 0.2) is 0 Å². The van der Waals surface area contributed by atoms with Gasteiger partial charge in [-0.1, -0.05) is 12.1 Å². The van der Waals surface area contributed by atoms with Crippen molar-refractivity contribution in [1.82, 2.24) is 24.7 Å². The van der Waals surface area contributed by atoms with E-state index in [1.807, 2.05) is 35.9 Å². The van der Waals surface area contributed by atoms with Gasteiger partial charge in [-0.25, -0.2) is 19.6 Å². The Balaban J connectivity index is 1.98. The average Bonchev–Trinajstić information content (AvgIpc) is 3.04. The van der Waals surface area contributed by atoms with Gasteiger partial charge in [0.05, 0.1) is 11.6 Å². The predicted molar refractivity (Wildman–Crippen MR) is 90.0 cm³/mol. The van der Waals surface area contributed by atoms with Gasteiger partial charge >= 0.3 is 0 Å². The molecule has 0 aliphatic heterocycles. The zero-order chi connectivity index (χ0) is 16.2. The van der Waals surface area contributed by atoms with Crippen molar-refractivity contribution >= 4 is 16.7 Å². The lowest BCUT2D eigenvalue weighted by molar-refractivity contribution is 0.592. The quantitative estimate of drug-likeness (QED) is 0.722. The van der Waals surface area contributed by atoms with E-state index >= 15 is 0 Å². The van der Waals surface area contributed by atoms with E-state index in [9.17, 15) is 0 Å². The molecule has 1 aromatic carbocycles. The SMILES string of the molecule is CCn1ncnc1C(C)Nc1nc(CCN)nc2ccccc12. The van der Waals surface area contributed by atoms with Gasteiger partial charge in [-0.15, -0.1) is 0 Å². The molecule has 0 aliphatic rings. The number of nitrogens with zero attached hydrogens (tertiary/aromatic N) is 5. The van der Waals surface area contributed by atoms with E-state index in [2.05, 4.69) is 32.3 Å². The van der Waals surface area contributed by atoms with E-state index in [4.69, 9.17) is 5.73 Å². The van der Waals surface area contributed by atoms with Crippen LogP contribution >= 0.6 is 0 Å². The normalized spacial score (nSPS) is 12.5. The number of aryl methyl sites for hydroxylation is 1. The summed E-state index contributed by atoms with van der Waals surface area (Å²) >= 11 is 0. The summed E-state index contributed by atoms with van der Waals surface area (Å²) in [6.45, 7) is 5.40. The maximum Gasteiger partial charge on any atom is 0.149 e. The summed E-state index contributed by atoms with van der Waals surface area (Å²) in [4.78, 5) is 13.5. The maximum absolute atomic E-state index is 5.65. The number of nitrogens with one attached hydrogen (secondary N) is 1. The van der Waals surface area contributed by atoms with Crippen LogP contribution in [0, 0.1) is 0 Å². The standard InChI is InChI=1S/C16H21N7/c1-3-23-16(18-10-19-23)11(2)20-15-12-6-4-5-7-13(12)21-14(22-15)8-9-17/h4-7,10-11H,3,8-9,17H2,1-2H3,(H,20,21,22). The third-order valence-electron chi connectivity index (χ3n) is 3.70. The van der Waals surface area contributed by atoms with Crippen LogP contribution < -0.4 is 11.1 Å². The van der Waals surface area contributed by atoms with E-state index in [1.54, 1.807) is 6.33 Å². The van der Waals surface area contributed by atoms with E-state index in [0.29, 0.717) is 13.0 Å². The van der Waals surface area contributed by atoms with Crippen molar-refractivity contribution in [3.05, 3.63) is 42.2 Å². The summed E-state index contributed by atoms with van der Waals surface area (Å²) in [6.07, 6.45) is 2.23. The molecule has 0 amide bonds. The number of fused-ring (bicyclic) bond motifs is 1. The van der Waals surface area contributed by atoms with Crippen LogP contribution in [-0.4, -0.2) is 31.3 Å². The molecule has 3 aromatic rings. The van der Waals surface area contributed by atoms with Gasteiger partial charge in [0.1, 0.15) is 23.8 Å². The number of hydrogen-bond donors (Lipinski definition) is 2. The number of anilines is 1. The number of aromatic nitrogens is 5. The molecular weight excluding hydrogens is 290 g/mol. The third-order valence-corrected chi connectivity index (χ3v) is 3.70. The number of rotatable bonds is 6. The molecule has 0 saturated heterocycles. The second kappa shape index (κ2) is 6.70. The van der Waals surface area contributed by atoms with Crippen molar-refractivity contribution in [2.75, 3.05) is 11.9 Å². The molecule has 0 fully saturated rings. The Bertz CT molecular complexity index is 796. The first-order chi connectivity index (χ1) is 11.2. The molecule has 3 N–H and O–H groups in total. The average molecular weight is 311 g/mol. The van der Waals surface area contributed by atoms with E-state index in [0.717, 1.165) is 34.9 Å². The highest BCUT2D eigenvalue weighted by Crippen LogP contribution is 2.24. The first-order valence-corrected chi connectivity index (χ1v) is 7.83. The van der Waals surface area contributed by atoms with E-state index in [1.165, 1.54) is 0 Å².